The molecule has 1 aromatic carbocycles. The lowest BCUT2D eigenvalue weighted by Crippen LogP contribution is -2.58. The molecule has 7 atom stereocenters. The van der Waals surface area contributed by atoms with Gasteiger partial charge in [0.15, 0.2) is 0 Å². The summed E-state index contributed by atoms with van der Waals surface area (Å²) in [6.07, 6.45) is 3.68. The summed E-state index contributed by atoms with van der Waals surface area (Å²) in [7, 11) is 1.63. The molecule has 0 aliphatic heterocycles. The first kappa shape index (κ1) is 27.5. The maximum atomic E-state index is 13.1. The first-order valence-corrected chi connectivity index (χ1v) is 13.2. The molecule has 6 heteroatoms. The van der Waals surface area contributed by atoms with Crippen LogP contribution in [0.1, 0.15) is 79.2 Å². The van der Waals surface area contributed by atoms with E-state index in [1.165, 1.54) is 0 Å². The molecule has 2 aliphatic carbocycles. The number of nitrogens with one attached hydrogen (secondary N) is 2. The number of fused-ring (bicyclic) bond motifs is 1. The van der Waals surface area contributed by atoms with E-state index in [2.05, 4.69) is 45.3 Å². The predicted octanol–water partition coefficient (Wildman–Crippen LogP) is 4.69. The molecule has 0 aromatic heterocycles. The predicted molar refractivity (Wildman–Crippen MR) is 139 cm³/mol. The lowest BCUT2D eigenvalue weighted by molar-refractivity contribution is -0.144. The lowest BCUT2D eigenvalue weighted by atomic mass is 9.51. The molecule has 2 aliphatic rings. The molecule has 3 rings (SSSR count). The minimum Gasteiger partial charge on any atom is -0.496 e. The third-order valence-corrected chi connectivity index (χ3v) is 8.63. The summed E-state index contributed by atoms with van der Waals surface area (Å²) >= 11 is 0. The topological polar surface area (TPSA) is 87.7 Å². The molecule has 2 amide bonds. The molecule has 0 radical (unpaired) electrons. The molecule has 0 saturated heterocycles. The summed E-state index contributed by atoms with van der Waals surface area (Å²) in [5, 5.41) is 17.9. The zero-order chi connectivity index (χ0) is 26.0. The average molecular weight is 487 g/mol. The largest absolute Gasteiger partial charge is 0.496 e. The van der Waals surface area contributed by atoms with Crippen molar-refractivity contribution in [3.05, 3.63) is 29.8 Å². The molecule has 2 fully saturated rings. The third-order valence-electron chi connectivity index (χ3n) is 8.63. The number of amides is 2. The Morgan fingerprint density at radius 2 is 1.86 bits per heavy atom. The minimum absolute atomic E-state index is 0.0359. The number of hydrogen-bond donors (Lipinski definition) is 3. The summed E-state index contributed by atoms with van der Waals surface area (Å²) in [6.45, 7) is 13.0. The van der Waals surface area contributed by atoms with Gasteiger partial charge in [-0.05, 0) is 60.3 Å². The second-order valence-electron chi connectivity index (χ2n) is 12.5. The number of carbonyl (C=O) groups is 2. The van der Waals surface area contributed by atoms with Crippen LogP contribution in [0.25, 0.3) is 0 Å². The van der Waals surface area contributed by atoms with Crippen LogP contribution in [0.15, 0.2) is 24.3 Å². The van der Waals surface area contributed by atoms with Crippen molar-refractivity contribution in [1.82, 2.24) is 10.6 Å². The SMILES string of the molecule is COc1ccccc1CNC(=O)C(C)C1CCC2(C)CCC(NC(=O)CC(C)(C)C)C(C)C2C1O. The number of carbonyl (C=O) groups excluding carboxylic acids is 2. The fraction of sp³-hybridized carbons (Fsp3) is 0.724. The lowest BCUT2D eigenvalue weighted by Gasteiger charge is -2.56. The Kier molecular flexibility index (Phi) is 8.56. The van der Waals surface area contributed by atoms with Crippen LogP contribution in [0.4, 0.5) is 0 Å². The molecule has 0 spiro atoms. The van der Waals surface area contributed by atoms with E-state index in [1.807, 2.05) is 31.2 Å². The molecule has 7 unspecified atom stereocenters. The first-order chi connectivity index (χ1) is 16.4. The van der Waals surface area contributed by atoms with Gasteiger partial charge in [-0.3, -0.25) is 9.59 Å². The molecular formula is C29H46N2O4. The fourth-order valence-electron chi connectivity index (χ4n) is 6.62. The van der Waals surface area contributed by atoms with Crippen LogP contribution in [0.3, 0.4) is 0 Å². The van der Waals surface area contributed by atoms with Crippen LogP contribution in [-0.2, 0) is 16.1 Å². The molecule has 196 valence electrons. The standard InChI is InChI=1S/C29H46N2O4/c1-18(27(34)30-17-20-10-8-9-11-23(20)35-7)21-12-14-29(6)15-13-22(19(2)25(29)26(21)33)31-24(32)16-28(3,4)5/h8-11,18-19,21-22,25-26,33H,12-17H2,1-7H3,(H,30,34)(H,31,32). The summed E-state index contributed by atoms with van der Waals surface area (Å²) < 4.78 is 5.40. The van der Waals surface area contributed by atoms with Gasteiger partial charge in [0.2, 0.25) is 11.8 Å². The van der Waals surface area contributed by atoms with Gasteiger partial charge in [0.1, 0.15) is 5.75 Å². The van der Waals surface area contributed by atoms with Gasteiger partial charge in [-0.25, -0.2) is 0 Å². The van der Waals surface area contributed by atoms with Gasteiger partial charge in [-0.2, -0.15) is 0 Å². The van der Waals surface area contributed by atoms with Crippen LogP contribution in [-0.4, -0.2) is 36.2 Å². The molecule has 0 heterocycles. The first-order valence-electron chi connectivity index (χ1n) is 13.2. The number of methoxy groups -OCH3 is 1. The van der Waals surface area contributed by atoms with Crippen molar-refractivity contribution in [3.8, 4) is 5.75 Å². The van der Waals surface area contributed by atoms with Gasteiger partial charge in [0.25, 0.3) is 0 Å². The maximum absolute atomic E-state index is 13.1. The Labute approximate surface area is 211 Å². The van der Waals surface area contributed by atoms with Crippen molar-refractivity contribution in [2.45, 2.75) is 92.3 Å². The van der Waals surface area contributed by atoms with Crippen LogP contribution < -0.4 is 15.4 Å². The smallest absolute Gasteiger partial charge is 0.223 e. The Bertz CT molecular complexity index is 895. The van der Waals surface area contributed by atoms with Crippen LogP contribution in [0, 0.1) is 34.5 Å². The fourth-order valence-corrected chi connectivity index (χ4v) is 6.62. The molecule has 35 heavy (non-hydrogen) atoms. The highest BCUT2D eigenvalue weighted by molar-refractivity contribution is 5.79. The van der Waals surface area contributed by atoms with Gasteiger partial charge in [0, 0.05) is 30.5 Å². The van der Waals surface area contributed by atoms with E-state index in [4.69, 9.17) is 4.74 Å². The van der Waals surface area contributed by atoms with Crippen molar-refractivity contribution in [2.24, 2.45) is 34.5 Å². The Morgan fingerprint density at radius 3 is 2.51 bits per heavy atom. The van der Waals surface area contributed by atoms with Crippen molar-refractivity contribution >= 4 is 11.8 Å². The van der Waals surface area contributed by atoms with Gasteiger partial charge >= 0.3 is 0 Å². The van der Waals surface area contributed by atoms with Crippen molar-refractivity contribution in [2.75, 3.05) is 7.11 Å². The number of aliphatic hydroxyl groups is 1. The normalized spacial score (nSPS) is 31.7. The van der Waals surface area contributed by atoms with E-state index >= 15 is 0 Å². The molecule has 1 aromatic rings. The number of rotatable bonds is 7. The van der Waals surface area contributed by atoms with E-state index in [-0.39, 0.29) is 52.4 Å². The van der Waals surface area contributed by atoms with Gasteiger partial charge in [-0.15, -0.1) is 0 Å². The van der Waals surface area contributed by atoms with E-state index < -0.39 is 6.10 Å². The van der Waals surface area contributed by atoms with E-state index in [9.17, 15) is 14.7 Å². The number of para-hydroxylation sites is 1. The van der Waals surface area contributed by atoms with Crippen molar-refractivity contribution in [3.63, 3.8) is 0 Å². The minimum atomic E-state index is -0.571. The van der Waals surface area contributed by atoms with Gasteiger partial charge < -0.3 is 20.5 Å². The van der Waals surface area contributed by atoms with Gasteiger partial charge in [0.05, 0.1) is 13.2 Å². The van der Waals surface area contributed by atoms with E-state index in [0.717, 1.165) is 37.0 Å². The summed E-state index contributed by atoms with van der Waals surface area (Å²) in [5.41, 5.74) is 0.911. The Hall–Kier alpha value is -2.08. The highest BCUT2D eigenvalue weighted by atomic mass is 16.5. The molecule has 6 nitrogen and oxygen atoms in total. The number of benzene rings is 1. The molecular weight excluding hydrogens is 440 g/mol. The highest BCUT2D eigenvalue weighted by Gasteiger charge is 2.53. The quantitative estimate of drug-likeness (QED) is 0.522. The zero-order valence-electron chi connectivity index (χ0n) is 22.7. The second kappa shape index (κ2) is 10.9. The summed E-state index contributed by atoms with van der Waals surface area (Å²) in [4.78, 5) is 25.8. The van der Waals surface area contributed by atoms with Crippen LogP contribution in [0.5, 0.6) is 5.75 Å². The van der Waals surface area contributed by atoms with E-state index in [1.54, 1.807) is 7.11 Å². The van der Waals surface area contributed by atoms with Crippen molar-refractivity contribution < 1.29 is 19.4 Å². The Morgan fingerprint density at radius 1 is 1.20 bits per heavy atom. The number of aliphatic hydroxyl groups excluding tert-OH is 1. The molecule has 2 saturated carbocycles. The average Bonchev–Trinajstić information content (AvgIpc) is 2.78. The van der Waals surface area contributed by atoms with E-state index in [0.29, 0.717) is 13.0 Å². The maximum Gasteiger partial charge on any atom is 0.223 e. The zero-order valence-corrected chi connectivity index (χ0v) is 22.7. The monoisotopic (exact) mass is 486 g/mol. The molecule has 3 N–H and O–H groups in total. The second-order valence-corrected chi connectivity index (χ2v) is 12.5. The number of ether oxygens (including phenoxy) is 1. The Balaban J connectivity index is 1.66. The van der Waals surface area contributed by atoms with Crippen LogP contribution >= 0.6 is 0 Å². The molecule has 0 bridgehead atoms. The van der Waals surface area contributed by atoms with Crippen LogP contribution in [0.2, 0.25) is 0 Å². The third kappa shape index (κ3) is 6.38. The van der Waals surface area contributed by atoms with Gasteiger partial charge in [-0.1, -0.05) is 59.7 Å². The van der Waals surface area contributed by atoms with Crippen molar-refractivity contribution in [1.29, 1.82) is 0 Å². The summed E-state index contributed by atoms with van der Waals surface area (Å²) in [6, 6.07) is 7.73. The summed E-state index contributed by atoms with van der Waals surface area (Å²) in [5.74, 6) is 0.610. The highest BCUT2D eigenvalue weighted by Crippen LogP contribution is 2.55. The number of hydrogen-bond acceptors (Lipinski definition) is 4.